The monoisotopic (exact) mass is 1030 g/mol. The molecule has 13 rings (SSSR count). The molecule has 0 fully saturated rings. The number of allylic oxidation sites excluding steroid dienone is 4. The summed E-state index contributed by atoms with van der Waals surface area (Å²) in [7, 11) is 0. The van der Waals surface area contributed by atoms with Crippen LogP contribution in [0.25, 0.3) is 88.0 Å². The molecule has 80 heavy (non-hydrogen) atoms. The van der Waals surface area contributed by atoms with E-state index in [1.165, 1.54) is 82.4 Å². The Morgan fingerprint density at radius 2 is 0.750 bits per heavy atom. The first-order chi connectivity index (χ1) is 39.5. The van der Waals surface area contributed by atoms with Gasteiger partial charge in [-0.15, -0.1) is 0 Å². The average molecular weight is 1030 g/mol. The molecule has 0 unspecified atom stereocenters. The van der Waals surface area contributed by atoms with Crippen molar-refractivity contribution in [3.63, 3.8) is 0 Å². The van der Waals surface area contributed by atoms with Gasteiger partial charge in [0.1, 0.15) is 0 Å². The molecule has 13 aromatic rings. The lowest BCUT2D eigenvalue weighted by Gasteiger charge is -2.26. The summed E-state index contributed by atoms with van der Waals surface area (Å²) in [5.41, 5.74) is 19.5. The van der Waals surface area contributed by atoms with Crippen molar-refractivity contribution in [1.82, 2.24) is 4.57 Å². The number of anilines is 5. The second-order valence-electron chi connectivity index (χ2n) is 19.8. The van der Waals surface area contributed by atoms with E-state index in [-0.39, 0.29) is 0 Å². The molecule has 382 valence electrons. The highest BCUT2D eigenvalue weighted by molar-refractivity contribution is 6.21. The van der Waals surface area contributed by atoms with E-state index < -0.39 is 0 Å². The SMILES string of the molecule is C=CC(=C)N(c1ccccc1)c1ccc(/C(C=C)=C/C)cc1.c1ccc(-c2c3ccccc3c(-c3ccc(N(c4ccccc4)c4ccc(-c5ccc6c(c5)c5ccccc5n6-c5ccccc5)cc4)cc3)c3ccccc23)cc1. The number of hydrogen-bond donors (Lipinski definition) is 0. The zero-order valence-corrected chi connectivity index (χ0v) is 44.8. The lowest BCUT2D eigenvalue weighted by atomic mass is 9.86. The number of para-hydroxylation sites is 4. The maximum Gasteiger partial charge on any atom is 0.0541 e. The summed E-state index contributed by atoms with van der Waals surface area (Å²) in [6.45, 7) is 13.8. The van der Waals surface area contributed by atoms with E-state index in [9.17, 15) is 0 Å². The molecule has 0 saturated heterocycles. The van der Waals surface area contributed by atoms with Gasteiger partial charge in [-0.25, -0.2) is 0 Å². The molecule has 3 heteroatoms. The largest absolute Gasteiger partial charge is 0.311 e. The maximum atomic E-state index is 4.10. The van der Waals surface area contributed by atoms with Crippen molar-refractivity contribution >= 4 is 77.4 Å². The van der Waals surface area contributed by atoms with Crippen molar-refractivity contribution in [2.45, 2.75) is 6.92 Å². The highest BCUT2D eigenvalue weighted by atomic mass is 15.1. The maximum absolute atomic E-state index is 4.10. The van der Waals surface area contributed by atoms with Crippen molar-refractivity contribution in [2.24, 2.45) is 0 Å². The van der Waals surface area contributed by atoms with Crippen molar-refractivity contribution < 1.29 is 0 Å². The highest BCUT2D eigenvalue weighted by Gasteiger charge is 2.19. The van der Waals surface area contributed by atoms with Crippen LogP contribution < -0.4 is 9.80 Å². The Bertz CT molecular complexity index is 4310. The molecule has 0 aliphatic carbocycles. The summed E-state index contributed by atoms with van der Waals surface area (Å²) in [4.78, 5) is 4.43. The van der Waals surface area contributed by atoms with Crippen LogP contribution in [0.15, 0.2) is 329 Å². The second kappa shape index (κ2) is 22.6. The van der Waals surface area contributed by atoms with Gasteiger partial charge in [-0.3, -0.25) is 0 Å². The fourth-order valence-corrected chi connectivity index (χ4v) is 11.3. The normalized spacial score (nSPS) is 11.3. The van der Waals surface area contributed by atoms with Gasteiger partial charge in [0.25, 0.3) is 0 Å². The third-order valence-electron chi connectivity index (χ3n) is 15.1. The molecule has 0 atom stereocenters. The molecule has 3 nitrogen and oxygen atoms in total. The Balaban J connectivity index is 0.000000244. The van der Waals surface area contributed by atoms with E-state index in [4.69, 9.17) is 0 Å². The Kier molecular flexibility index (Phi) is 14.2. The molecule has 0 aliphatic rings. The van der Waals surface area contributed by atoms with E-state index in [0.29, 0.717) is 0 Å². The van der Waals surface area contributed by atoms with Gasteiger partial charge in [-0.2, -0.15) is 0 Å². The summed E-state index contributed by atoms with van der Waals surface area (Å²) in [5.74, 6) is 0. The van der Waals surface area contributed by atoms with E-state index in [2.05, 4.69) is 307 Å². The Hall–Kier alpha value is -10.5. The molecule has 0 saturated carbocycles. The van der Waals surface area contributed by atoms with Gasteiger partial charge in [-0.1, -0.05) is 226 Å². The number of aromatic nitrogens is 1. The highest BCUT2D eigenvalue weighted by Crippen LogP contribution is 2.45. The van der Waals surface area contributed by atoms with Gasteiger partial charge in [0.15, 0.2) is 0 Å². The zero-order valence-electron chi connectivity index (χ0n) is 44.8. The Morgan fingerprint density at radius 1 is 0.350 bits per heavy atom. The number of hydrogen-bond acceptors (Lipinski definition) is 2. The average Bonchev–Trinajstić information content (AvgIpc) is 3.95. The zero-order chi connectivity index (χ0) is 54.4. The van der Waals surface area contributed by atoms with Gasteiger partial charge >= 0.3 is 0 Å². The van der Waals surface area contributed by atoms with Crippen molar-refractivity contribution in [2.75, 3.05) is 9.80 Å². The van der Waals surface area contributed by atoms with Crippen LogP contribution in [0, 0.1) is 0 Å². The third-order valence-corrected chi connectivity index (χ3v) is 15.1. The van der Waals surface area contributed by atoms with E-state index in [1.807, 2.05) is 31.2 Å². The molecule has 12 aromatic carbocycles. The van der Waals surface area contributed by atoms with Crippen LogP contribution in [-0.2, 0) is 0 Å². The van der Waals surface area contributed by atoms with Gasteiger partial charge in [0.05, 0.1) is 11.0 Å². The minimum absolute atomic E-state index is 0.842. The molecule has 0 amide bonds. The first-order valence-electron chi connectivity index (χ1n) is 27.2. The van der Waals surface area contributed by atoms with Crippen molar-refractivity contribution in [1.29, 1.82) is 0 Å². The lowest BCUT2D eigenvalue weighted by Crippen LogP contribution is -2.13. The quantitative estimate of drug-likeness (QED) is 0.0842. The molecule has 0 radical (unpaired) electrons. The van der Waals surface area contributed by atoms with Crippen molar-refractivity contribution in [3.8, 4) is 39.1 Å². The predicted octanol–water partition coefficient (Wildman–Crippen LogP) is 21.7. The number of nitrogens with zero attached hydrogens (tertiary/aromatic N) is 3. The fourth-order valence-electron chi connectivity index (χ4n) is 11.3. The number of benzene rings is 12. The Labute approximate surface area is 469 Å². The van der Waals surface area contributed by atoms with Gasteiger partial charge in [0.2, 0.25) is 0 Å². The van der Waals surface area contributed by atoms with Gasteiger partial charge in [0, 0.05) is 50.6 Å². The van der Waals surface area contributed by atoms with E-state index in [0.717, 1.165) is 45.3 Å². The minimum Gasteiger partial charge on any atom is -0.311 e. The molecule has 0 aliphatic heterocycles. The molecular weight excluding hydrogens is 967 g/mol. The van der Waals surface area contributed by atoms with E-state index in [1.54, 1.807) is 6.08 Å². The summed E-state index contributed by atoms with van der Waals surface area (Å²) in [5, 5.41) is 7.54. The van der Waals surface area contributed by atoms with Crippen LogP contribution in [0.4, 0.5) is 28.4 Å². The summed E-state index contributed by atoms with van der Waals surface area (Å²) < 4.78 is 2.37. The van der Waals surface area contributed by atoms with Crippen LogP contribution in [0.3, 0.4) is 0 Å². The van der Waals surface area contributed by atoms with E-state index >= 15 is 0 Å². The Morgan fingerprint density at radius 3 is 1.27 bits per heavy atom. The third kappa shape index (κ3) is 9.70. The predicted molar refractivity (Wildman–Crippen MR) is 345 cm³/mol. The summed E-state index contributed by atoms with van der Waals surface area (Å²) in [6.07, 6.45) is 5.69. The molecule has 0 N–H and O–H groups in total. The molecule has 1 heterocycles. The molecule has 0 bridgehead atoms. The topological polar surface area (TPSA) is 11.4 Å². The van der Waals surface area contributed by atoms with Crippen LogP contribution in [0.2, 0.25) is 0 Å². The molecule has 1 aromatic heterocycles. The van der Waals surface area contributed by atoms with Crippen molar-refractivity contribution in [3.05, 3.63) is 334 Å². The van der Waals surface area contributed by atoms with Crippen LogP contribution in [-0.4, -0.2) is 4.57 Å². The first-order valence-corrected chi connectivity index (χ1v) is 27.2. The lowest BCUT2D eigenvalue weighted by molar-refractivity contribution is 1.18. The van der Waals surface area contributed by atoms with Crippen LogP contribution >= 0.6 is 0 Å². The second-order valence-corrected chi connectivity index (χ2v) is 19.8. The van der Waals surface area contributed by atoms with Crippen LogP contribution in [0.5, 0.6) is 0 Å². The number of fused-ring (bicyclic) bond motifs is 5. The van der Waals surface area contributed by atoms with Crippen LogP contribution in [0.1, 0.15) is 12.5 Å². The standard InChI is InChI=1S/C56H38N2.C21H21N/c1-4-16-40(17-5-1)55-48-23-10-12-25-50(48)56(51-26-13-11-24-49(51)55)41-30-35-46(36-31-41)57(43-18-6-2-7-19-43)45-33-28-39(29-34-45)42-32-37-54-52(38-42)47-22-14-15-27-53(47)58(54)44-20-8-3-9-21-44;1-5-17(4)22(20-11-9-8-10-12-20)21-15-13-19(14-16-21)18(6-2)7-3/h1-38H;5-16H,1-2,4H2,3H3/b;18-7+. The minimum atomic E-state index is 0.842. The molecule has 0 spiro atoms. The van der Waals surface area contributed by atoms with Gasteiger partial charge in [-0.05, 0) is 170 Å². The fraction of sp³-hybridized carbons (Fsp3) is 0.0130. The summed E-state index contributed by atoms with van der Waals surface area (Å²) in [6, 6.07) is 102. The summed E-state index contributed by atoms with van der Waals surface area (Å²) >= 11 is 0. The first kappa shape index (κ1) is 50.3. The van der Waals surface area contributed by atoms with Gasteiger partial charge < -0.3 is 14.4 Å². The number of rotatable bonds is 13. The smallest absolute Gasteiger partial charge is 0.0541 e. The molecular formula is C77H59N3.